The topological polar surface area (TPSA) is 24.1 Å². The first kappa shape index (κ1) is 13.0. The Balaban J connectivity index is 1.72. The van der Waals surface area contributed by atoms with Crippen LogP contribution in [0.3, 0.4) is 0 Å². The Labute approximate surface area is 117 Å². The van der Waals surface area contributed by atoms with E-state index in [4.69, 9.17) is 0 Å². The summed E-state index contributed by atoms with van der Waals surface area (Å²) in [6.07, 6.45) is 6.83. The zero-order valence-corrected chi connectivity index (χ0v) is 12.2. The summed E-state index contributed by atoms with van der Waals surface area (Å²) in [6.45, 7) is 5.60. The molecule has 0 bridgehead atoms. The molecule has 2 N–H and O–H groups in total. The highest BCUT2D eigenvalue weighted by molar-refractivity contribution is 5.53. The number of rotatable bonds is 3. The number of nitrogens with one attached hydrogen (secondary N) is 2. The Morgan fingerprint density at radius 2 is 2.00 bits per heavy atom. The average Bonchev–Trinajstić information content (AvgIpc) is 3.03. The zero-order valence-electron chi connectivity index (χ0n) is 12.2. The molecule has 1 heterocycles. The van der Waals surface area contributed by atoms with Crippen molar-refractivity contribution in [2.75, 3.05) is 11.9 Å². The Hall–Kier alpha value is -1.02. The maximum Gasteiger partial charge on any atom is 0.0374 e. The van der Waals surface area contributed by atoms with E-state index in [-0.39, 0.29) is 0 Å². The van der Waals surface area contributed by atoms with E-state index in [1.807, 2.05) is 0 Å². The molecule has 19 heavy (non-hydrogen) atoms. The standard InChI is InChI=1S/C17H26N2/c1-12-8-9-13(2)17(11-12)19-16-6-3-5-14(16)15-7-4-10-18-15/h8-9,11,14-16,18-19H,3-7,10H2,1-2H3. The maximum absolute atomic E-state index is 3.84. The molecule has 0 amide bonds. The van der Waals surface area contributed by atoms with Crippen LogP contribution in [-0.4, -0.2) is 18.6 Å². The van der Waals surface area contributed by atoms with Gasteiger partial charge in [-0.05, 0) is 69.2 Å². The van der Waals surface area contributed by atoms with Crippen LogP contribution < -0.4 is 10.6 Å². The first-order valence-electron chi connectivity index (χ1n) is 7.81. The van der Waals surface area contributed by atoms with Crippen LogP contribution in [0.25, 0.3) is 0 Å². The molecule has 0 radical (unpaired) electrons. The Kier molecular flexibility index (Phi) is 3.79. The molecule has 104 valence electrons. The van der Waals surface area contributed by atoms with Gasteiger partial charge < -0.3 is 10.6 Å². The summed E-state index contributed by atoms with van der Waals surface area (Å²) in [5.74, 6) is 0.822. The van der Waals surface area contributed by atoms with Gasteiger partial charge in [-0.2, -0.15) is 0 Å². The number of benzene rings is 1. The minimum Gasteiger partial charge on any atom is -0.382 e. The van der Waals surface area contributed by atoms with E-state index in [2.05, 4.69) is 42.7 Å². The monoisotopic (exact) mass is 258 g/mol. The van der Waals surface area contributed by atoms with Crippen molar-refractivity contribution >= 4 is 5.69 Å². The minimum atomic E-state index is 0.663. The van der Waals surface area contributed by atoms with Crippen molar-refractivity contribution in [3.8, 4) is 0 Å². The van der Waals surface area contributed by atoms with E-state index in [0.29, 0.717) is 6.04 Å². The van der Waals surface area contributed by atoms with Gasteiger partial charge in [0.15, 0.2) is 0 Å². The quantitative estimate of drug-likeness (QED) is 0.865. The van der Waals surface area contributed by atoms with Gasteiger partial charge in [-0.15, -0.1) is 0 Å². The van der Waals surface area contributed by atoms with E-state index in [0.717, 1.165) is 12.0 Å². The van der Waals surface area contributed by atoms with Gasteiger partial charge in [-0.1, -0.05) is 18.6 Å². The minimum absolute atomic E-state index is 0.663. The summed E-state index contributed by atoms with van der Waals surface area (Å²) < 4.78 is 0. The summed E-state index contributed by atoms with van der Waals surface area (Å²) in [7, 11) is 0. The first-order chi connectivity index (χ1) is 9.24. The fraction of sp³-hybridized carbons (Fsp3) is 0.647. The third-order valence-corrected chi connectivity index (χ3v) is 4.92. The predicted octanol–water partition coefficient (Wildman–Crippen LogP) is 3.64. The number of hydrogen-bond acceptors (Lipinski definition) is 2. The molecule has 1 aliphatic heterocycles. The van der Waals surface area contributed by atoms with E-state index in [9.17, 15) is 0 Å². The summed E-state index contributed by atoms with van der Waals surface area (Å²) in [5.41, 5.74) is 4.06. The lowest BCUT2D eigenvalue weighted by Crippen LogP contribution is -2.38. The van der Waals surface area contributed by atoms with E-state index in [1.165, 1.54) is 55.5 Å². The summed E-state index contributed by atoms with van der Waals surface area (Å²) in [5, 5.41) is 7.54. The van der Waals surface area contributed by atoms with Gasteiger partial charge in [-0.25, -0.2) is 0 Å². The van der Waals surface area contributed by atoms with Gasteiger partial charge in [0.25, 0.3) is 0 Å². The summed E-state index contributed by atoms with van der Waals surface area (Å²) in [6, 6.07) is 8.15. The molecule has 1 saturated heterocycles. The second-order valence-electron chi connectivity index (χ2n) is 6.37. The zero-order chi connectivity index (χ0) is 13.2. The van der Waals surface area contributed by atoms with Gasteiger partial charge >= 0.3 is 0 Å². The number of anilines is 1. The van der Waals surface area contributed by atoms with Gasteiger partial charge in [0.2, 0.25) is 0 Å². The van der Waals surface area contributed by atoms with Crippen LogP contribution in [0.2, 0.25) is 0 Å². The highest BCUT2D eigenvalue weighted by atomic mass is 15.0. The van der Waals surface area contributed by atoms with Crippen LogP contribution in [0.4, 0.5) is 5.69 Å². The van der Waals surface area contributed by atoms with Crippen molar-refractivity contribution < 1.29 is 0 Å². The molecule has 2 heteroatoms. The third kappa shape index (κ3) is 2.79. The molecule has 0 aromatic heterocycles. The molecule has 1 aliphatic carbocycles. The second kappa shape index (κ2) is 5.54. The second-order valence-corrected chi connectivity index (χ2v) is 6.37. The average molecular weight is 258 g/mol. The lowest BCUT2D eigenvalue weighted by atomic mass is 9.92. The Morgan fingerprint density at radius 3 is 2.79 bits per heavy atom. The van der Waals surface area contributed by atoms with Crippen LogP contribution >= 0.6 is 0 Å². The smallest absolute Gasteiger partial charge is 0.0374 e. The highest BCUT2D eigenvalue weighted by Gasteiger charge is 2.34. The molecule has 1 saturated carbocycles. The molecular weight excluding hydrogens is 232 g/mol. The molecule has 1 aromatic carbocycles. The van der Waals surface area contributed by atoms with Gasteiger partial charge in [-0.3, -0.25) is 0 Å². The van der Waals surface area contributed by atoms with Crippen LogP contribution in [0.15, 0.2) is 18.2 Å². The maximum atomic E-state index is 3.84. The van der Waals surface area contributed by atoms with Crippen molar-refractivity contribution in [2.24, 2.45) is 5.92 Å². The summed E-state index contributed by atoms with van der Waals surface area (Å²) >= 11 is 0. The van der Waals surface area contributed by atoms with Crippen molar-refractivity contribution in [1.29, 1.82) is 0 Å². The SMILES string of the molecule is Cc1ccc(C)c(NC2CCCC2C2CCCN2)c1. The van der Waals surface area contributed by atoms with Crippen LogP contribution in [-0.2, 0) is 0 Å². The third-order valence-electron chi connectivity index (χ3n) is 4.92. The lowest BCUT2D eigenvalue weighted by Gasteiger charge is -2.28. The van der Waals surface area contributed by atoms with Crippen molar-refractivity contribution in [1.82, 2.24) is 5.32 Å². The van der Waals surface area contributed by atoms with Crippen molar-refractivity contribution in [3.05, 3.63) is 29.3 Å². The molecule has 2 fully saturated rings. The highest BCUT2D eigenvalue weighted by Crippen LogP contribution is 2.34. The Morgan fingerprint density at radius 1 is 1.11 bits per heavy atom. The Bertz CT molecular complexity index is 435. The van der Waals surface area contributed by atoms with Crippen molar-refractivity contribution in [3.63, 3.8) is 0 Å². The van der Waals surface area contributed by atoms with Crippen LogP contribution in [0, 0.1) is 19.8 Å². The van der Waals surface area contributed by atoms with Gasteiger partial charge in [0, 0.05) is 17.8 Å². The van der Waals surface area contributed by atoms with E-state index >= 15 is 0 Å². The normalized spacial score (nSPS) is 30.7. The molecule has 0 spiro atoms. The largest absolute Gasteiger partial charge is 0.382 e. The van der Waals surface area contributed by atoms with Gasteiger partial charge in [0.1, 0.15) is 0 Å². The van der Waals surface area contributed by atoms with Gasteiger partial charge in [0.05, 0.1) is 0 Å². The molecule has 3 unspecified atom stereocenters. The predicted molar refractivity (Wildman–Crippen MR) is 81.7 cm³/mol. The summed E-state index contributed by atoms with van der Waals surface area (Å²) in [4.78, 5) is 0. The molecule has 1 aromatic rings. The lowest BCUT2D eigenvalue weighted by molar-refractivity contribution is 0.376. The van der Waals surface area contributed by atoms with E-state index in [1.54, 1.807) is 0 Å². The molecule has 3 rings (SSSR count). The molecular formula is C17H26N2. The number of aryl methyl sites for hydroxylation is 2. The van der Waals surface area contributed by atoms with Crippen LogP contribution in [0.1, 0.15) is 43.2 Å². The number of hydrogen-bond donors (Lipinski definition) is 2. The fourth-order valence-electron chi connectivity index (χ4n) is 3.82. The van der Waals surface area contributed by atoms with Crippen molar-refractivity contribution in [2.45, 2.75) is 58.0 Å². The van der Waals surface area contributed by atoms with E-state index < -0.39 is 0 Å². The van der Waals surface area contributed by atoms with Crippen LogP contribution in [0.5, 0.6) is 0 Å². The molecule has 3 atom stereocenters. The first-order valence-corrected chi connectivity index (χ1v) is 7.81. The molecule has 2 aliphatic rings. The molecule has 2 nitrogen and oxygen atoms in total. The fourth-order valence-corrected chi connectivity index (χ4v) is 3.82.